The van der Waals surface area contributed by atoms with Gasteiger partial charge in [0, 0.05) is 24.2 Å². The van der Waals surface area contributed by atoms with E-state index in [9.17, 15) is 4.39 Å². The van der Waals surface area contributed by atoms with E-state index < -0.39 is 0 Å². The molecule has 3 heteroatoms. The molecule has 102 valence electrons. The first-order valence-corrected chi connectivity index (χ1v) is 6.74. The summed E-state index contributed by atoms with van der Waals surface area (Å²) in [5, 5.41) is 3.43. The Bertz CT molecular complexity index is 352. The van der Waals surface area contributed by atoms with E-state index in [1.54, 1.807) is 6.07 Å². The van der Waals surface area contributed by atoms with Gasteiger partial charge in [-0.1, -0.05) is 25.1 Å². The van der Waals surface area contributed by atoms with Crippen molar-refractivity contribution in [2.24, 2.45) is 0 Å². The highest BCUT2D eigenvalue weighted by molar-refractivity contribution is 5.21. The molecule has 0 aromatic heterocycles. The van der Waals surface area contributed by atoms with Crippen LogP contribution in [0.1, 0.15) is 38.8 Å². The highest BCUT2D eigenvalue weighted by Crippen LogP contribution is 2.18. The summed E-state index contributed by atoms with van der Waals surface area (Å²) in [7, 11) is 2.08. The Kier molecular flexibility index (Phi) is 6.30. The van der Waals surface area contributed by atoms with Gasteiger partial charge in [-0.2, -0.15) is 0 Å². The Morgan fingerprint density at radius 1 is 1.28 bits per heavy atom. The van der Waals surface area contributed by atoms with Crippen LogP contribution in [0.5, 0.6) is 0 Å². The zero-order valence-electron chi connectivity index (χ0n) is 11.9. The summed E-state index contributed by atoms with van der Waals surface area (Å²) in [5.74, 6) is -0.122. The van der Waals surface area contributed by atoms with Gasteiger partial charge in [0.1, 0.15) is 5.82 Å². The van der Waals surface area contributed by atoms with Gasteiger partial charge in [0.15, 0.2) is 0 Å². The standard InChI is InChI=1S/C15H25FN2/c1-5-10-17-15(11-18(4)12(2)3)13-8-6-7-9-14(13)16/h6-9,12,15,17H,5,10-11H2,1-4H3. The van der Waals surface area contributed by atoms with Crippen LogP contribution in [0.2, 0.25) is 0 Å². The molecule has 0 saturated heterocycles. The molecule has 1 aromatic rings. The molecule has 0 fully saturated rings. The lowest BCUT2D eigenvalue weighted by molar-refractivity contribution is 0.240. The first kappa shape index (κ1) is 15.1. The first-order chi connectivity index (χ1) is 8.56. The molecule has 0 radical (unpaired) electrons. The topological polar surface area (TPSA) is 15.3 Å². The molecule has 1 unspecified atom stereocenters. The second kappa shape index (κ2) is 7.49. The van der Waals surface area contributed by atoms with Gasteiger partial charge in [-0.3, -0.25) is 0 Å². The molecule has 0 amide bonds. The number of hydrogen-bond acceptors (Lipinski definition) is 2. The smallest absolute Gasteiger partial charge is 0.128 e. The molecule has 0 heterocycles. The van der Waals surface area contributed by atoms with Crippen LogP contribution in [0.25, 0.3) is 0 Å². The predicted molar refractivity (Wildman–Crippen MR) is 75.2 cm³/mol. The third-order valence-corrected chi connectivity index (χ3v) is 3.27. The minimum absolute atomic E-state index is 0.0542. The predicted octanol–water partition coefficient (Wildman–Crippen LogP) is 3.21. The van der Waals surface area contributed by atoms with Crippen molar-refractivity contribution in [2.45, 2.75) is 39.3 Å². The minimum Gasteiger partial charge on any atom is -0.309 e. The maximum atomic E-state index is 13.9. The van der Waals surface area contributed by atoms with Gasteiger partial charge < -0.3 is 10.2 Å². The fourth-order valence-electron chi connectivity index (χ4n) is 1.85. The van der Waals surface area contributed by atoms with Crippen LogP contribution < -0.4 is 5.32 Å². The highest BCUT2D eigenvalue weighted by Gasteiger charge is 2.17. The molecule has 1 N–H and O–H groups in total. The quantitative estimate of drug-likeness (QED) is 0.801. The van der Waals surface area contributed by atoms with E-state index in [-0.39, 0.29) is 11.9 Å². The van der Waals surface area contributed by atoms with Crippen molar-refractivity contribution in [3.05, 3.63) is 35.6 Å². The van der Waals surface area contributed by atoms with Crippen LogP contribution in [-0.2, 0) is 0 Å². The molecule has 0 aliphatic rings. The molecule has 18 heavy (non-hydrogen) atoms. The number of benzene rings is 1. The van der Waals surface area contributed by atoms with Crippen LogP contribution in [0, 0.1) is 5.82 Å². The molecule has 0 bridgehead atoms. The zero-order valence-corrected chi connectivity index (χ0v) is 11.9. The Hall–Kier alpha value is -0.930. The van der Waals surface area contributed by atoms with E-state index in [1.165, 1.54) is 6.07 Å². The second-order valence-corrected chi connectivity index (χ2v) is 5.06. The third kappa shape index (κ3) is 4.39. The van der Waals surface area contributed by atoms with Gasteiger partial charge in [0.25, 0.3) is 0 Å². The van der Waals surface area contributed by atoms with Gasteiger partial charge in [0.05, 0.1) is 0 Å². The molecular weight excluding hydrogens is 227 g/mol. The second-order valence-electron chi connectivity index (χ2n) is 5.06. The average molecular weight is 252 g/mol. The van der Waals surface area contributed by atoms with Gasteiger partial charge in [0.2, 0.25) is 0 Å². The Morgan fingerprint density at radius 2 is 1.94 bits per heavy atom. The molecular formula is C15H25FN2. The largest absolute Gasteiger partial charge is 0.309 e. The Morgan fingerprint density at radius 3 is 2.50 bits per heavy atom. The molecule has 0 saturated carbocycles. The summed E-state index contributed by atoms with van der Waals surface area (Å²) in [5.41, 5.74) is 0.762. The molecule has 1 rings (SSSR count). The van der Waals surface area contributed by atoms with Crippen molar-refractivity contribution in [3.63, 3.8) is 0 Å². The highest BCUT2D eigenvalue weighted by atomic mass is 19.1. The van der Waals surface area contributed by atoms with Crippen LogP contribution in [0.15, 0.2) is 24.3 Å². The molecule has 0 aliphatic carbocycles. The maximum Gasteiger partial charge on any atom is 0.128 e. The summed E-state index contributed by atoms with van der Waals surface area (Å²) in [6.45, 7) is 8.15. The maximum absolute atomic E-state index is 13.9. The van der Waals surface area contributed by atoms with Crippen LogP contribution in [-0.4, -0.2) is 31.1 Å². The molecule has 1 atom stereocenters. The number of nitrogens with one attached hydrogen (secondary N) is 1. The molecule has 1 aromatic carbocycles. The van der Waals surface area contributed by atoms with E-state index in [2.05, 4.69) is 38.0 Å². The lowest BCUT2D eigenvalue weighted by atomic mass is 10.0. The normalized spacial score (nSPS) is 13.3. The van der Waals surface area contributed by atoms with Crippen LogP contribution in [0.3, 0.4) is 0 Å². The van der Waals surface area contributed by atoms with E-state index in [0.29, 0.717) is 6.04 Å². The van der Waals surface area contributed by atoms with Crippen molar-refractivity contribution in [1.82, 2.24) is 10.2 Å². The van der Waals surface area contributed by atoms with Crippen molar-refractivity contribution in [2.75, 3.05) is 20.1 Å². The zero-order chi connectivity index (χ0) is 13.5. The third-order valence-electron chi connectivity index (χ3n) is 3.27. The number of likely N-dealkylation sites (N-methyl/N-ethyl adjacent to an activating group) is 1. The molecule has 2 nitrogen and oxygen atoms in total. The van der Waals surface area contributed by atoms with Crippen LogP contribution >= 0.6 is 0 Å². The van der Waals surface area contributed by atoms with E-state index >= 15 is 0 Å². The fraction of sp³-hybridized carbons (Fsp3) is 0.600. The number of hydrogen-bond donors (Lipinski definition) is 1. The van der Waals surface area contributed by atoms with Gasteiger partial charge in [-0.25, -0.2) is 4.39 Å². The minimum atomic E-state index is -0.122. The summed E-state index contributed by atoms with van der Waals surface area (Å²) >= 11 is 0. The van der Waals surface area contributed by atoms with Crippen molar-refractivity contribution in [3.8, 4) is 0 Å². The van der Waals surface area contributed by atoms with Crippen molar-refractivity contribution < 1.29 is 4.39 Å². The SMILES string of the molecule is CCCNC(CN(C)C(C)C)c1ccccc1F. The van der Waals surface area contributed by atoms with E-state index in [0.717, 1.165) is 25.1 Å². The molecule has 0 aliphatic heterocycles. The molecule has 0 spiro atoms. The van der Waals surface area contributed by atoms with E-state index in [4.69, 9.17) is 0 Å². The van der Waals surface area contributed by atoms with Crippen LogP contribution in [0.4, 0.5) is 4.39 Å². The number of halogens is 1. The monoisotopic (exact) mass is 252 g/mol. The summed E-state index contributed by atoms with van der Waals surface area (Å²) in [6, 6.07) is 7.56. The average Bonchev–Trinajstić information content (AvgIpc) is 2.35. The Labute approximate surface area is 110 Å². The Balaban J connectivity index is 2.81. The van der Waals surface area contributed by atoms with E-state index in [1.807, 2.05) is 12.1 Å². The summed E-state index contributed by atoms with van der Waals surface area (Å²) in [6.07, 6.45) is 1.05. The summed E-state index contributed by atoms with van der Waals surface area (Å²) in [4.78, 5) is 2.24. The lowest BCUT2D eigenvalue weighted by Gasteiger charge is -2.28. The lowest BCUT2D eigenvalue weighted by Crippen LogP contribution is -2.37. The number of rotatable bonds is 7. The van der Waals surface area contributed by atoms with Crippen molar-refractivity contribution in [1.29, 1.82) is 0 Å². The van der Waals surface area contributed by atoms with Gasteiger partial charge in [-0.15, -0.1) is 0 Å². The van der Waals surface area contributed by atoms with Crippen molar-refractivity contribution >= 4 is 0 Å². The summed E-state index contributed by atoms with van der Waals surface area (Å²) < 4.78 is 13.9. The van der Waals surface area contributed by atoms with Gasteiger partial charge in [-0.05, 0) is 39.9 Å². The van der Waals surface area contributed by atoms with Gasteiger partial charge >= 0.3 is 0 Å². The fourth-order valence-corrected chi connectivity index (χ4v) is 1.85. The number of nitrogens with zero attached hydrogens (tertiary/aromatic N) is 1. The first-order valence-electron chi connectivity index (χ1n) is 6.74.